The van der Waals surface area contributed by atoms with Crippen molar-refractivity contribution in [1.29, 1.82) is 0 Å². The summed E-state index contributed by atoms with van der Waals surface area (Å²) in [4.78, 5) is 22.1. The van der Waals surface area contributed by atoms with Crippen LogP contribution in [0.15, 0.2) is 29.0 Å². The van der Waals surface area contributed by atoms with Crippen molar-refractivity contribution in [3.8, 4) is 0 Å². The van der Waals surface area contributed by atoms with Crippen LogP contribution in [-0.2, 0) is 13.1 Å². The Hall–Kier alpha value is -2.64. The van der Waals surface area contributed by atoms with E-state index < -0.39 is 10.8 Å². The molecular weight excluding hydrogens is 252 g/mol. The molecule has 2 aromatic heterocycles. The lowest BCUT2D eigenvalue weighted by molar-refractivity contribution is -0.385. The number of aryl methyl sites for hydroxylation is 1. The van der Waals surface area contributed by atoms with Gasteiger partial charge in [0.05, 0.1) is 17.7 Å². The van der Waals surface area contributed by atoms with Crippen LogP contribution in [-0.4, -0.2) is 20.6 Å². The van der Waals surface area contributed by atoms with E-state index in [-0.39, 0.29) is 17.9 Å². The monoisotopic (exact) mass is 264 g/mol. The minimum atomic E-state index is -0.624. The molecule has 0 aliphatic rings. The zero-order chi connectivity index (χ0) is 13.8. The number of nitro groups is 1. The van der Waals surface area contributed by atoms with E-state index in [9.17, 15) is 14.9 Å². The molecule has 0 spiro atoms. The predicted octanol–water partition coefficient (Wildman–Crippen LogP) is 1.33. The number of carbonyl (C=O) groups excluding carboxylic acids is 1. The third-order valence-electron chi connectivity index (χ3n) is 2.48. The van der Waals surface area contributed by atoms with Gasteiger partial charge in [0.25, 0.3) is 5.91 Å². The van der Waals surface area contributed by atoms with Crippen LogP contribution in [0.25, 0.3) is 0 Å². The predicted molar refractivity (Wildman–Crippen MR) is 64.4 cm³/mol. The average Bonchev–Trinajstić information content (AvgIpc) is 3.04. The fraction of sp³-hybridized carbons (Fsp3) is 0.273. The van der Waals surface area contributed by atoms with Gasteiger partial charge in [-0.1, -0.05) is 0 Å². The van der Waals surface area contributed by atoms with Gasteiger partial charge in [-0.2, -0.15) is 5.10 Å². The molecule has 0 aliphatic carbocycles. The quantitative estimate of drug-likeness (QED) is 0.648. The SMILES string of the molecule is CCn1cc([N+](=O)[O-])c(C(=O)NCc2ccco2)n1. The third kappa shape index (κ3) is 2.79. The highest BCUT2D eigenvalue weighted by Crippen LogP contribution is 2.16. The summed E-state index contributed by atoms with van der Waals surface area (Å²) >= 11 is 0. The molecule has 0 fully saturated rings. The Morgan fingerprint density at radius 1 is 1.63 bits per heavy atom. The van der Waals surface area contributed by atoms with Crippen LogP contribution in [0.4, 0.5) is 5.69 Å². The Bertz CT molecular complexity index is 588. The van der Waals surface area contributed by atoms with Crippen molar-refractivity contribution in [3.63, 3.8) is 0 Å². The Kier molecular flexibility index (Phi) is 3.60. The molecule has 0 radical (unpaired) electrons. The highest BCUT2D eigenvalue weighted by atomic mass is 16.6. The number of nitrogens with zero attached hydrogens (tertiary/aromatic N) is 3. The minimum Gasteiger partial charge on any atom is -0.467 e. The molecule has 0 bridgehead atoms. The van der Waals surface area contributed by atoms with Crippen LogP contribution in [0.1, 0.15) is 23.2 Å². The van der Waals surface area contributed by atoms with Crippen molar-refractivity contribution in [2.24, 2.45) is 0 Å². The van der Waals surface area contributed by atoms with Crippen LogP contribution in [0, 0.1) is 10.1 Å². The Morgan fingerprint density at radius 2 is 2.42 bits per heavy atom. The molecule has 0 atom stereocenters. The maximum atomic E-state index is 11.9. The highest BCUT2D eigenvalue weighted by molar-refractivity contribution is 5.95. The zero-order valence-electron chi connectivity index (χ0n) is 10.2. The Labute approximate surface area is 108 Å². The molecule has 0 saturated carbocycles. The van der Waals surface area contributed by atoms with Gasteiger partial charge in [0.1, 0.15) is 12.0 Å². The number of hydrogen-bond donors (Lipinski definition) is 1. The van der Waals surface area contributed by atoms with E-state index in [0.717, 1.165) is 0 Å². The second-order valence-electron chi connectivity index (χ2n) is 3.74. The van der Waals surface area contributed by atoms with Gasteiger partial charge in [0.15, 0.2) is 0 Å². The van der Waals surface area contributed by atoms with Crippen molar-refractivity contribution in [2.45, 2.75) is 20.0 Å². The largest absolute Gasteiger partial charge is 0.467 e. The Balaban J connectivity index is 2.13. The summed E-state index contributed by atoms with van der Waals surface area (Å²) in [5.74, 6) is -0.0405. The summed E-state index contributed by atoms with van der Waals surface area (Å²) in [6.07, 6.45) is 2.72. The second kappa shape index (κ2) is 5.34. The smallest absolute Gasteiger partial charge is 0.320 e. The van der Waals surface area contributed by atoms with Gasteiger partial charge in [0.2, 0.25) is 5.69 Å². The standard InChI is InChI=1S/C11H12N4O4/c1-2-14-7-9(15(17)18)10(13-14)11(16)12-6-8-4-3-5-19-8/h3-5,7H,2,6H2,1H3,(H,12,16). The maximum Gasteiger partial charge on any atom is 0.320 e. The molecule has 1 amide bonds. The molecule has 8 heteroatoms. The summed E-state index contributed by atoms with van der Waals surface area (Å²) in [7, 11) is 0. The van der Waals surface area contributed by atoms with Crippen LogP contribution < -0.4 is 5.32 Å². The maximum absolute atomic E-state index is 11.9. The summed E-state index contributed by atoms with van der Waals surface area (Å²) in [5.41, 5.74) is -0.503. The van der Waals surface area contributed by atoms with Gasteiger partial charge in [-0.25, -0.2) is 0 Å². The zero-order valence-corrected chi connectivity index (χ0v) is 10.2. The van der Waals surface area contributed by atoms with Gasteiger partial charge in [-0.05, 0) is 19.1 Å². The summed E-state index contributed by atoms with van der Waals surface area (Å²) < 4.78 is 6.40. The van der Waals surface area contributed by atoms with Crippen molar-refractivity contribution >= 4 is 11.6 Å². The number of carbonyl (C=O) groups is 1. The first kappa shape index (κ1) is 12.8. The summed E-state index contributed by atoms with van der Waals surface area (Å²) in [6.45, 7) is 2.38. The molecule has 2 rings (SSSR count). The van der Waals surface area contributed by atoms with E-state index in [1.165, 1.54) is 17.1 Å². The van der Waals surface area contributed by atoms with Crippen LogP contribution in [0.2, 0.25) is 0 Å². The molecule has 0 aromatic carbocycles. The summed E-state index contributed by atoms with van der Waals surface area (Å²) in [5, 5.41) is 17.2. The van der Waals surface area contributed by atoms with Gasteiger partial charge >= 0.3 is 5.69 Å². The van der Waals surface area contributed by atoms with Crippen molar-refractivity contribution in [3.05, 3.63) is 46.2 Å². The number of furan rings is 1. The van der Waals surface area contributed by atoms with E-state index in [2.05, 4.69) is 10.4 Å². The first-order chi connectivity index (χ1) is 9.11. The minimum absolute atomic E-state index is 0.155. The van der Waals surface area contributed by atoms with E-state index in [1.54, 1.807) is 19.1 Å². The number of amides is 1. The second-order valence-corrected chi connectivity index (χ2v) is 3.74. The molecule has 19 heavy (non-hydrogen) atoms. The van der Waals surface area contributed by atoms with E-state index in [4.69, 9.17) is 4.42 Å². The topological polar surface area (TPSA) is 103 Å². The Morgan fingerprint density at radius 3 is 3.00 bits per heavy atom. The molecule has 1 N–H and O–H groups in total. The number of aromatic nitrogens is 2. The van der Waals surface area contributed by atoms with E-state index >= 15 is 0 Å². The summed E-state index contributed by atoms with van der Waals surface area (Å²) in [6, 6.07) is 3.38. The lowest BCUT2D eigenvalue weighted by atomic mass is 10.3. The van der Waals surface area contributed by atoms with Crippen molar-refractivity contribution in [2.75, 3.05) is 0 Å². The van der Waals surface area contributed by atoms with E-state index in [0.29, 0.717) is 12.3 Å². The molecular formula is C11H12N4O4. The first-order valence-corrected chi connectivity index (χ1v) is 5.64. The molecule has 2 aromatic rings. The van der Waals surface area contributed by atoms with Crippen molar-refractivity contribution in [1.82, 2.24) is 15.1 Å². The van der Waals surface area contributed by atoms with Crippen LogP contribution in [0.3, 0.4) is 0 Å². The lowest BCUT2D eigenvalue weighted by Crippen LogP contribution is -2.24. The van der Waals surface area contributed by atoms with Gasteiger partial charge in [-0.15, -0.1) is 0 Å². The van der Waals surface area contributed by atoms with Crippen LogP contribution in [0.5, 0.6) is 0 Å². The van der Waals surface area contributed by atoms with Crippen molar-refractivity contribution < 1.29 is 14.1 Å². The van der Waals surface area contributed by atoms with E-state index in [1.807, 2.05) is 0 Å². The molecule has 0 aliphatic heterocycles. The average molecular weight is 264 g/mol. The third-order valence-corrected chi connectivity index (χ3v) is 2.48. The number of rotatable bonds is 5. The van der Waals surface area contributed by atoms with Gasteiger partial charge < -0.3 is 9.73 Å². The highest BCUT2D eigenvalue weighted by Gasteiger charge is 2.25. The fourth-order valence-corrected chi connectivity index (χ4v) is 1.53. The number of hydrogen-bond acceptors (Lipinski definition) is 5. The lowest BCUT2D eigenvalue weighted by Gasteiger charge is -2.00. The normalized spacial score (nSPS) is 10.4. The van der Waals surface area contributed by atoms with Gasteiger partial charge in [-0.3, -0.25) is 19.6 Å². The van der Waals surface area contributed by atoms with Crippen LogP contribution >= 0.6 is 0 Å². The first-order valence-electron chi connectivity index (χ1n) is 5.64. The number of nitrogens with one attached hydrogen (secondary N) is 1. The fourth-order valence-electron chi connectivity index (χ4n) is 1.53. The molecule has 2 heterocycles. The molecule has 0 unspecified atom stereocenters. The molecule has 0 saturated heterocycles. The molecule has 8 nitrogen and oxygen atoms in total. The van der Waals surface area contributed by atoms with Gasteiger partial charge in [0, 0.05) is 6.54 Å². The molecule has 100 valence electrons.